The maximum atomic E-state index is 6.18. The number of nitrogens with one attached hydrogen (secondary N) is 1. The van der Waals surface area contributed by atoms with Gasteiger partial charge >= 0.3 is 0 Å². The maximum absolute atomic E-state index is 6.18. The third kappa shape index (κ3) is 2.84. The van der Waals surface area contributed by atoms with Gasteiger partial charge in [-0.05, 0) is 29.7 Å². The monoisotopic (exact) mass is 356 g/mol. The molecule has 3 N–H and O–H groups in total. The molecule has 6 nitrogen and oxygen atoms in total. The second-order valence-corrected chi connectivity index (χ2v) is 6.86. The van der Waals surface area contributed by atoms with E-state index in [-0.39, 0.29) is 0 Å². The summed E-state index contributed by atoms with van der Waals surface area (Å²) < 4.78 is 1.93. The number of hydrogen-bond acceptors (Lipinski definition) is 5. The number of aromatic nitrogens is 4. The van der Waals surface area contributed by atoms with E-state index in [1.807, 2.05) is 35.0 Å². The van der Waals surface area contributed by atoms with E-state index < -0.39 is 0 Å². The first kappa shape index (κ1) is 16.0. The number of fused-ring (bicyclic) bond motifs is 2. The van der Waals surface area contributed by atoms with Crippen molar-refractivity contribution in [3.05, 3.63) is 71.5 Å². The number of anilines is 1. The van der Waals surface area contributed by atoms with Crippen molar-refractivity contribution in [3.8, 4) is 11.3 Å². The van der Waals surface area contributed by atoms with Gasteiger partial charge in [0.15, 0.2) is 5.65 Å². The van der Waals surface area contributed by atoms with Gasteiger partial charge in [0.2, 0.25) is 0 Å². The van der Waals surface area contributed by atoms with Crippen LogP contribution < -0.4 is 11.1 Å². The van der Waals surface area contributed by atoms with Crippen molar-refractivity contribution in [2.24, 2.45) is 0 Å². The molecule has 0 radical (unpaired) electrons. The average Bonchev–Trinajstić information content (AvgIpc) is 3.08. The Morgan fingerprint density at radius 1 is 1.04 bits per heavy atom. The fraction of sp³-hybridized carbons (Fsp3) is 0.190. The van der Waals surface area contributed by atoms with E-state index >= 15 is 0 Å². The van der Waals surface area contributed by atoms with Crippen LogP contribution in [0, 0.1) is 0 Å². The minimum absolute atomic E-state index is 0.460. The van der Waals surface area contributed by atoms with Gasteiger partial charge in [0.25, 0.3) is 0 Å². The molecular formula is C21H20N6. The average molecular weight is 356 g/mol. The number of nitrogen functional groups attached to an aromatic ring is 1. The first-order chi connectivity index (χ1) is 13.3. The van der Waals surface area contributed by atoms with E-state index in [0.717, 1.165) is 41.8 Å². The van der Waals surface area contributed by atoms with Crippen LogP contribution in [0.15, 0.2) is 54.9 Å². The number of nitrogens with two attached hydrogens (primary N) is 1. The Kier molecular flexibility index (Phi) is 3.83. The molecule has 0 atom stereocenters. The van der Waals surface area contributed by atoms with Gasteiger partial charge in [0.1, 0.15) is 17.8 Å². The number of rotatable bonds is 3. The normalized spacial score (nSPS) is 13.6. The summed E-state index contributed by atoms with van der Waals surface area (Å²) in [4.78, 5) is 8.65. The summed E-state index contributed by atoms with van der Waals surface area (Å²) in [5, 5.41) is 9.07. The Morgan fingerprint density at radius 2 is 1.93 bits per heavy atom. The first-order valence-electron chi connectivity index (χ1n) is 9.13. The minimum Gasteiger partial charge on any atom is -0.383 e. The van der Waals surface area contributed by atoms with Crippen molar-refractivity contribution < 1.29 is 0 Å². The van der Waals surface area contributed by atoms with Crippen LogP contribution in [0.3, 0.4) is 0 Å². The van der Waals surface area contributed by atoms with Gasteiger partial charge < -0.3 is 11.1 Å². The van der Waals surface area contributed by atoms with Crippen LogP contribution in [-0.4, -0.2) is 26.3 Å². The Bertz CT molecular complexity index is 1120. The first-order valence-corrected chi connectivity index (χ1v) is 9.13. The molecule has 0 bridgehead atoms. The zero-order chi connectivity index (χ0) is 18.2. The molecule has 0 unspecified atom stereocenters. The van der Waals surface area contributed by atoms with E-state index in [9.17, 15) is 0 Å². The highest BCUT2D eigenvalue weighted by Crippen LogP contribution is 2.30. The van der Waals surface area contributed by atoms with Gasteiger partial charge in [-0.1, -0.05) is 48.5 Å². The Labute approximate surface area is 157 Å². The molecule has 0 aliphatic carbocycles. The maximum Gasteiger partial charge on any atom is 0.164 e. The SMILES string of the molecule is Nc1ncnc2c1c(-c1ccccc1)nn2Cc1ccc2c(c1)CCNC2. The Hall–Kier alpha value is -3.25. The highest BCUT2D eigenvalue weighted by atomic mass is 15.3. The van der Waals surface area contributed by atoms with Gasteiger partial charge in [-0.2, -0.15) is 5.10 Å². The zero-order valence-electron chi connectivity index (χ0n) is 14.9. The van der Waals surface area contributed by atoms with Gasteiger partial charge in [-0.25, -0.2) is 14.6 Å². The smallest absolute Gasteiger partial charge is 0.164 e. The molecule has 2 aromatic carbocycles. The van der Waals surface area contributed by atoms with Crippen LogP contribution >= 0.6 is 0 Å². The Morgan fingerprint density at radius 3 is 2.81 bits per heavy atom. The highest BCUT2D eigenvalue weighted by Gasteiger charge is 2.17. The van der Waals surface area contributed by atoms with Gasteiger partial charge in [0.05, 0.1) is 11.9 Å². The molecule has 0 spiro atoms. The predicted octanol–water partition coefficient (Wildman–Crippen LogP) is 2.77. The van der Waals surface area contributed by atoms with Crippen molar-refractivity contribution in [1.82, 2.24) is 25.1 Å². The van der Waals surface area contributed by atoms with Crippen molar-refractivity contribution in [1.29, 1.82) is 0 Å². The van der Waals surface area contributed by atoms with Crippen LogP contribution in [0.1, 0.15) is 16.7 Å². The Balaban J connectivity index is 1.61. The largest absolute Gasteiger partial charge is 0.383 e. The van der Waals surface area contributed by atoms with E-state index in [2.05, 4.69) is 33.5 Å². The van der Waals surface area contributed by atoms with E-state index in [4.69, 9.17) is 10.8 Å². The predicted molar refractivity (Wildman–Crippen MR) is 106 cm³/mol. The summed E-state index contributed by atoms with van der Waals surface area (Å²) in [5.41, 5.74) is 12.8. The molecule has 0 fully saturated rings. The lowest BCUT2D eigenvalue weighted by Gasteiger charge is -2.18. The van der Waals surface area contributed by atoms with Crippen LogP contribution in [0.5, 0.6) is 0 Å². The molecule has 1 aliphatic rings. The van der Waals surface area contributed by atoms with Crippen LogP contribution in [0.4, 0.5) is 5.82 Å². The third-order valence-electron chi connectivity index (χ3n) is 5.10. The molecule has 0 saturated heterocycles. The second kappa shape index (κ2) is 6.48. The fourth-order valence-electron chi connectivity index (χ4n) is 3.74. The quantitative estimate of drug-likeness (QED) is 0.590. The molecule has 0 amide bonds. The van der Waals surface area contributed by atoms with E-state index in [0.29, 0.717) is 12.4 Å². The molecule has 134 valence electrons. The fourth-order valence-corrected chi connectivity index (χ4v) is 3.74. The zero-order valence-corrected chi connectivity index (χ0v) is 14.9. The lowest BCUT2D eigenvalue weighted by Crippen LogP contribution is -2.23. The van der Waals surface area contributed by atoms with Crippen molar-refractivity contribution in [2.75, 3.05) is 12.3 Å². The van der Waals surface area contributed by atoms with E-state index in [1.165, 1.54) is 23.0 Å². The molecule has 2 aromatic heterocycles. The second-order valence-electron chi connectivity index (χ2n) is 6.86. The van der Waals surface area contributed by atoms with Gasteiger partial charge in [0, 0.05) is 12.1 Å². The van der Waals surface area contributed by atoms with E-state index in [1.54, 1.807) is 0 Å². The molecule has 1 aliphatic heterocycles. The van der Waals surface area contributed by atoms with Crippen molar-refractivity contribution >= 4 is 16.9 Å². The van der Waals surface area contributed by atoms with Crippen molar-refractivity contribution in [3.63, 3.8) is 0 Å². The summed E-state index contributed by atoms with van der Waals surface area (Å²) >= 11 is 0. The number of hydrogen-bond donors (Lipinski definition) is 2. The van der Waals surface area contributed by atoms with Gasteiger partial charge in [-0.3, -0.25) is 0 Å². The lowest BCUT2D eigenvalue weighted by molar-refractivity contribution is 0.640. The summed E-state index contributed by atoms with van der Waals surface area (Å²) in [6.07, 6.45) is 2.57. The highest BCUT2D eigenvalue weighted by molar-refractivity contribution is 5.98. The van der Waals surface area contributed by atoms with Crippen LogP contribution in [0.2, 0.25) is 0 Å². The summed E-state index contributed by atoms with van der Waals surface area (Å²) in [6, 6.07) is 16.7. The molecule has 27 heavy (non-hydrogen) atoms. The molecule has 4 aromatic rings. The van der Waals surface area contributed by atoms with Gasteiger partial charge in [-0.15, -0.1) is 0 Å². The standard InChI is InChI=1S/C21H20N6/c22-20-18-19(15-4-2-1-3-5-15)26-27(21(18)25-13-24-20)12-14-6-7-17-11-23-9-8-16(17)10-14/h1-7,10,13,23H,8-9,11-12H2,(H2,22,24,25). The van der Waals surface area contributed by atoms with Crippen LogP contribution in [-0.2, 0) is 19.5 Å². The molecule has 3 heterocycles. The van der Waals surface area contributed by atoms with Crippen LogP contribution in [0.25, 0.3) is 22.3 Å². The summed E-state index contributed by atoms with van der Waals surface area (Å²) in [7, 11) is 0. The summed E-state index contributed by atoms with van der Waals surface area (Å²) in [5.74, 6) is 0.460. The van der Waals surface area contributed by atoms with Crippen molar-refractivity contribution in [2.45, 2.75) is 19.5 Å². The number of nitrogens with zero attached hydrogens (tertiary/aromatic N) is 4. The molecule has 6 heteroatoms. The lowest BCUT2D eigenvalue weighted by atomic mass is 9.98. The third-order valence-corrected chi connectivity index (χ3v) is 5.10. The minimum atomic E-state index is 0.460. The number of benzene rings is 2. The summed E-state index contributed by atoms with van der Waals surface area (Å²) in [6.45, 7) is 2.63. The molecule has 5 rings (SSSR count). The molecular weight excluding hydrogens is 336 g/mol. The topological polar surface area (TPSA) is 81.7 Å². The molecule has 0 saturated carbocycles.